The molecule has 196 valence electrons. The van der Waals surface area contributed by atoms with Gasteiger partial charge in [0.1, 0.15) is 0 Å². The highest BCUT2D eigenvalue weighted by atomic mass is 32.2. The molecule has 0 radical (unpaired) electrons. The van der Waals surface area contributed by atoms with Crippen LogP contribution in [0.15, 0.2) is 41.3 Å². The second-order valence-electron chi connectivity index (χ2n) is 9.04. The van der Waals surface area contributed by atoms with Gasteiger partial charge in [-0.1, -0.05) is 26.0 Å². The monoisotopic (exact) mass is 513 g/mol. The van der Waals surface area contributed by atoms with E-state index in [-0.39, 0.29) is 11.8 Å². The number of hydrogen-bond donors (Lipinski definition) is 1. The Morgan fingerprint density at radius 1 is 1.03 bits per heavy atom. The summed E-state index contributed by atoms with van der Waals surface area (Å²) in [6.45, 7) is 7.70. The zero-order valence-corrected chi connectivity index (χ0v) is 23.1. The Morgan fingerprint density at radius 2 is 1.64 bits per heavy atom. The maximum atomic E-state index is 13.8. The van der Waals surface area contributed by atoms with E-state index in [0.29, 0.717) is 29.2 Å². The Labute approximate surface area is 219 Å². The van der Waals surface area contributed by atoms with Crippen LogP contribution in [0, 0.1) is 0 Å². The second kappa shape index (κ2) is 13.0. The molecular weight excluding hydrogens is 474 g/mol. The van der Waals surface area contributed by atoms with Crippen LogP contribution in [0.5, 0.6) is 11.5 Å². The first kappa shape index (κ1) is 27.9. The van der Waals surface area contributed by atoms with Gasteiger partial charge in [0.15, 0.2) is 11.5 Å². The number of ether oxygens (including phenoxy) is 2. The van der Waals surface area contributed by atoms with Crippen LogP contribution in [0.1, 0.15) is 60.1 Å². The number of benzene rings is 2. The molecule has 2 aromatic rings. The van der Waals surface area contributed by atoms with Crippen molar-refractivity contribution in [3.05, 3.63) is 53.1 Å². The summed E-state index contributed by atoms with van der Waals surface area (Å²) < 4.78 is 11.0. The Bertz CT molecular complexity index is 1040. The third kappa shape index (κ3) is 5.98. The summed E-state index contributed by atoms with van der Waals surface area (Å²) in [7, 11) is 4.87. The third-order valence-corrected chi connectivity index (χ3v) is 7.46. The van der Waals surface area contributed by atoms with Crippen molar-refractivity contribution in [2.75, 3.05) is 53.7 Å². The molecule has 0 aromatic heterocycles. The lowest BCUT2D eigenvalue weighted by Crippen LogP contribution is -2.46. The summed E-state index contributed by atoms with van der Waals surface area (Å²) in [6.07, 6.45) is 4.18. The van der Waals surface area contributed by atoms with Crippen LogP contribution in [0.4, 0.5) is 0 Å². The standard InChI is InChI=1S/C28H39N3O4S/c1-7-14-31(15-8-2)16-13-29-27(32)25-21-17-23(34-4)24(35-5)18-22(21)28(33)30(3)26(25)19-9-11-20(36-6)12-10-19/h9-12,17-18,25-26H,7-8,13-16H2,1-6H3,(H,29,32). The number of nitrogens with one attached hydrogen (secondary N) is 1. The van der Waals surface area contributed by atoms with Crippen molar-refractivity contribution in [1.29, 1.82) is 0 Å². The lowest BCUT2D eigenvalue weighted by molar-refractivity contribution is -0.124. The molecule has 3 rings (SSSR count). The number of nitrogens with zero attached hydrogens (tertiary/aromatic N) is 2. The molecule has 0 aliphatic carbocycles. The molecule has 2 atom stereocenters. The van der Waals surface area contributed by atoms with Gasteiger partial charge in [0.05, 0.1) is 26.2 Å². The zero-order valence-electron chi connectivity index (χ0n) is 22.3. The molecule has 0 spiro atoms. The number of carbonyl (C=O) groups is 2. The molecule has 1 aliphatic heterocycles. The second-order valence-corrected chi connectivity index (χ2v) is 9.92. The van der Waals surface area contributed by atoms with E-state index >= 15 is 0 Å². The van der Waals surface area contributed by atoms with Crippen molar-refractivity contribution in [3.8, 4) is 11.5 Å². The van der Waals surface area contributed by atoms with Crippen molar-refractivity contribution in [3.63, 3.8) is 0 Å². The lowest BCUT2D eigenvalue weighted by atomic mass is 9.79. The van der Waals surface area contributed by atoms with Crippen molar-refractivity contribution in [2.24, 2.45) is 0 Å². The summed E-state index contributed by atoms with van der Waals surface area (Å²) >= 11 is 1.66. The highest BCUT2D eigenvalue weighted by molar-refractivity contribution is 7.98. The average molecular weight is 514 g/mol. The minimum absolute atomic E-state index is 0.102. The molecule has 0 fully saturated rings. The maximum Gasteiger partial charge on any atom is 0.254 e. The maximum absolute atomic E-state index is 13.8. The number of thioether (sulfide) groups is 1. The summed E-state index contributed by atoms with van der Waals surface area (Å²) in [5.41, 5.74) is 2.04. The van der Waals surface area contributed by atoms with Crippen LogP contribution in [-0.2, 0) is 4.79 Å². The highest BCUT2D eigenvalue weighted by Gasteiger charge is 2.43. The molecule has 2 unspecified atom stereocenters. The van der Waals surface area contributed by atoms with E-state index < -0.39 is 12.0 Å². The van der Waals surface area contributed by atoms with Gasteiger partial charge in [-0.05, 0) is 67.6 Å². The lowest BCUT2D eigenvalue weighted by Gasteiger charge is -2.40. The van der Waals surface area contributed by atoms with E-state index in [4.69, 9.17) is 9.47 Å². The van der Waals surface area contributed by atoms with Gasteiger partial charge in [0.25, 0.3) is 5.91 Å². The smallest absolute Gasteiger partial charge is 0.254 e. The fourth-order valence-corrected chi connectivity index (χ4v) is 5.37. The molecule has 0 saturated carbocycles. The molecular formula is C28H39N3O4S. The molecule has 0 bridgehead atoms. The van der Waals surface area contributed by atoms with Crippen molar-refractivity contribution < 1.29 is 19.1 Å². The SMILES string of the molecule is CCCN(CCC)CCNC(=O)C1c2cc(OC)c(OC)cc2C(=O)N(C)C1c1ccc(SC)cc1. The fourth-order valence-electron chi connectivity index (χ4n) is 4.96. The summed E-state index contributed by atoms with van der Waals surface area (Å²) in [5, 5.41) is 3.17. The first-order valence-electron chi connectivity index (χ1n) is 12.6. The number of methoxy groups -OCH3 is 2. The first-order chi connectivity index (χ1) is 17.4. The van der Waals surface area contributed by atoms with Gasteiger partial charge in [-0.25, -0.2) is 0 Å². The van der Waals surface area contributed by atoms with E-state index in [1.165, 1.54) is 0 Å². The van der Waals surface area contributed by atoms with E-state index in [0.717, 1.165) is 42.9 Å². The molecule has 1 N–H and O–H groups in total. The van der Waals surface area contributed by atoms with Crippen LogP contribution >= 0.6 is 11.8 Å². The number of amides is 2. The predicted molar refractivity (Wildman–Crippen MR) is 145 cm³/mol. The van der Waals surface area contributed by atoms with Crippen LogP contribution < -0.4 is 14.8 Å². The Morgan fingerprint density at radius 3 is 2.19 bits per heavy atom. The van der Waals surface area contributed by atoms with E-state index in [9.17, 15) is 9.59 Å². The number of hydrogen-bond acceptors (Lipinski definition) is 6. The zero-order chi connectivity index (χ0) is 26.2. The molecule has 7 nitrogen and oxygen atoms in total. The third-order valence-electron chi connectivity index (χ3n) is 6.72. The van der Waals surface area contributed by atoms with E-state index in [2.05, 4.69) is 24.1 Å². The summed E-state index contributed by atoms with van der Waals surface area (Å²) in [5.74, 6) is 0.129. The largest absolute Gasteiger partial charge is 0.493 e. The quantitative estimate of drug-likeness (QED) is 0.419. The minimum atomic E-state index is -0.589. The molecule has 1 heterocycles. The molecule has 2 aromatic carbocycles. The van der Waals surface area contributed by atoms with Crippen LogP contribution in [0.2, 0.25) is 0 Å². The fraction of sp³-hybridized carbons (Fsp3) is 0.500. The van der Waals surface area contributed by atoms with Gasteiger partial charge in [-0.3, -0.25) is 9.59 Å². The summed E-state index contributed by atoms with van der Waals surface area (Å²) in [6, 6.07) is 11.1. The molecule has 8 heteroatoms. The molecule has 1 aliphatic rings. The van der Waals surface area contributed by atoms with Gasteiger partial charge < -0.3 is 24.6 Å². The van der Waals surface area contributed by atoms with Gasteiger partial charge in [-0.15, -0.1) is 11.8 Å². The van der Waals surface area contributed by atoms with E-state index in [1.807, 2.05) is 30.5 Å². The highest BCUT2D eigenvalue weighted by Crippen LogP contribution is 2.45. The van der Waals surface area contributed by atoms with Gasteiger partial charge in [0, 0.05) is 30.6 Å². The summed E-state index contributed by atoms with van der Waals surface area (Å²) in [4.78, 5) is 32.5. The topological polar surface area (TPSA) is 71.1 Å². The number of likely N-dealkylation sites (N-methyl/N-ethyl adjacent to an activating group) is 1. The molecule has 2 amide bonds. The Hall–Kier alpha value is -2.71. The van der Waals surface area contributed by atoms with Gasteiger partial charge in [0.2, 0.25) is 5.91 Å². The molecule has 0 saturated heterocycles. The van der Waals surface area contributed by atoms with Crippen LogP contribution in [0.3, 0.4) is 0 Å². The van der Waals surface area contributed by atoms with Crippen LogP contribution in [-0.4, -0.2) is 75.3 Å². The predicted octanol–water partition coefficient (Wildman–Crippen LogP) is 4.57. The van der Waals surface area contributed by atoms with Gasteiger partial charge >= 0.3 is 0 Å². The van der Waals surface area contributed by atoms with Gasteiger partial charge in [-0.2, -0.15) is 0 Å². The number of carbonyl (C=O) groups excluding carboxylic acids is 2. The van der Waals surface area contributed by atoms with Crippen molar-refractivity contribution >= 4 is 23.6 Å². The van der Waals surface area contributed by atoms with E-state index in [1.54, 1.807) is 50.1 Å². The normalized spacial score (nSPS) is 17.2. The number of rotatable bonds is 12. The number of fused-ring (bicyclic) bond motifs is 1. The van der Waals surface area contributed by atoms with Crippen molar-refractivity contribution in [2.45, 2.75) is 43.5 Å². The molecule has 36 heavy (non-hydrogen) atoms. The Kier molecular flexibility index (Phi) is 10.1. The van der Waals surface area contributed by atoms with Crippen molar-refractivity contribution in [1.82, 2.24) is 15.1 Å². The van der Waals surface area contributed by atoms with Crippen LogP contribution in [0.25, 0.3) is 0 Å². The first-order valence-corrected chi connectivity index (χ1v) is 13.8. The Balaban J connectivity index is 2.01. The minimum Gasteiger partial charge on any atom is -0.493 e. The average Bonchev–Trinajstić information content (AvgIpc) is 2.90.